The van der Waals surface area contributed by atoms with Crippen LogP contribution in [0.3, 0.4) is 0 Å². The second-order valence-corrected chi connectivity index (χ2v) is 6.52. The molecule has 1 aliphatic carbocycles. The van der Waals surface area contributed by atoms with Gasteiger partial charge in [0.25, 0.3) is 0 Å². The molecule has 0 atom stereocenters. The van der Waals surface area contributed by atoms with E-state index >= 15 is 0 Å². The number of aromatic nitrogens is 2. The van der Waals surface area contributed by atoms with Crippen molar-refractivity contribution in [3.8, 4) is 10.7 Å². The maximum Gasteiger partial charge on any atom is 0.171 e. The van der Waals surface area contributed by atoms with E-state index in [-0.39, 0.29) is 0 Å². The smallest absolute Gasteiger partial charge is 0.171 e. The third kappa shape index (κ3) is 2.70. The SMILES string of the molecule is CCc1ccc(-c2nc(NC)cc(C3CCCC3)n2)s1. The lowest BCUT2D eigenvalue weighted by atomic mass is 10.0. The summed E-state index contributed by atoms with van der Waals surface area (Å²) in [4.78, 5) is 12.0. The Hall–Kier alpha value is -1.42. The fraction of sp³-hybridized carbons (Fsp3) is 0.500. The second-order valence-electron chi connectivity index (χ2n) is 5.35. The van der Waals surface area contributed by atoms with Crippen LogP contribution in [0.5, 0.6) is 0 Å². The third-order valence-electron chi connectivity index (χ3n) is 4.01. The second kappa shape index (κ2) is 5.92. The number of nitrogens with one attached hydrogen (secondary N) is 1. The molecular formula is C16H21N3S. The predicted octanol–water partition coefficient (Wildman–Crippen LogP) is 4.47. The van der Waals surface area contributed by atoms with Gasteiger partial charge in [0.1, 0.15) is 5.82 Å². The van der Waals surface area contributed by atoms with E-state index in [4.69, 9.17) is 4.98 Å². The van der Waals surface area contributed by atoms with Crippen molar-refractivity contribution in [2.45, 2.75) is 44.9 Å². The van der Waals surface area contributed by atoms with Crippen molar-refractivity contribution in [3.05, 3.63) is 28.8 Å². The van der Waals surface area contributed by atoms with E-state index in [1.54, 1.807) is 11.3 Å². The molecule has 0 spiro atoms. The van der Waals surface area contributed by atoms with Crippen LogP contribution >= 0.6 is 11.3 Å². The van der Waals surface area contributed by atoms with Gasteiger partial charge in [0.15, 0.2) is 5.82 Å². The molecule has 0 unspecified atom stereocenters. The minimum Gasteiger partial charge on any atom is -0.373 e. The molecule has 1 aliphatic rings. The van der Waals surface area contributed by atoms with E-state index in [1.807, 2.05) is 7.05 Å². The first-order chi connectivity index (χ1) is 9.80. The average Bonchev–Trinajstić information content (AvgIpc) is 3.17. The van der Waals surface area contributed by atoms with Crippen LogP contribution in [0.25, 0.3) is 10.7 Å². The molecule has 0 aliphatic heterocycles. The fourth-order valence-corrected chi connectivity index (χ4v) is 3.70. The van der Waals surface area contributed by atoms with Crippen molar-refractivity contribution in [1.29, 1.82) is 0 Å². The van der Waals surface area contributed by atoms with E-state index in [2.05, 4.69) is 35.4 Å². The van der Waals surface area contributed by atoms with Gasteiger partial charge in [-0.1, -0.05) is 19.8 Å². The normalized spacial score (nSPS) is 15.7. The summed E-state index contributed by atoms with van der Waals surface area (Å²) in [6.45, 7) is 2.18. The molecule has 2 aromatic heterocycles. The van der Waals surface area contributed by atoms with Crippen LogP contribution in [-0.4, -0.2) is 17.0 Å². The zero-order chi connectivity index (χ0) is 13.9. The number of aryl methyl sites for hydroxylation is 1. The van der Waals surface area contributed by atoms with E-state index < -0.39 is 0 Å². The van der Waals surface area contributed by atoms with E-state index in [1.165, 1.54) is 41.1 Å². The van der Waals surface area contributed by atoms with Crippen LogP contribution in [0.4, 0.5) is 5.82 Å². The van der Waals surface area contributed by atoms with Gasteiger partial charge in [-0.2, -0.15) is 0 Å². The van der Waals surface area contributed by atoms with Gasteiger partial charge in [-0.25, -0.2) is 9.97 Å². The Kier molecular flexibility index (Phi) is 4.01. The number of nitrogens with zero attached hydrogens (tertiary/aromatic N) is 2. The van der Waals surface area contributed by atoms with Gasteiger partial charge in [0, 0.05) is 29.6 Å². The van der Waals surface area contributed by atoms with Gasteiger partial charge in [-0.15, -0.1) is 11.3 Å². The van der Waals surface area contributed by atoms with Crippen molar-refractivity contribution >= 4 is 17.2 Å². The molecule has 20 heavy (non-hydrogen) atoms. The first kappa shape index (κ1) is 13.6. The molecule has 0 aromatic carbocycles. The van der Waals surface area contributed by atoms with Gasteiger partial charge in [-0.05, 0) is 31.4 Å². The molecule has 3 rings (SSSR count). The number of anilines is 1. The Morgan fingerprint density at radius 2 is 2.05 bits per heavy atom. The molecule has 1 saturated carbocycles. The lowest BCUT2D eigenvalue weighted by Crippen LogP contribution is -2.03. The molecule has 106 valence electrons. The topological polar surface area (TPSA) is 37.8 Å². The largest absolute Gasteiger partial charge is 0.373 e. The van der Waals surface area contributed by atoms with Crippen molar-refractivity contribution in [3.63, 3.8) is 0 Å². The van der Waals surface area contributed by atoms with Crippen LogP contribution in [0.15, 0.2) is 18.2 Å². The molecule has 0 radical (unpaired) electrons. The number of hydrogen-bond acceptors (Lipinski definition) is 4. The first-order valence-corrected chi connectivity index (χ1v) is 8.27. The van der Waals surface area contributed by atoms with E-state index in [0.717, 1.165) is 18.1 Å². The zero-order valence-corrected chi connectivity index (χ0v) is 13.0. The summed E-state index contributed by atoms with van der Waals surface area (Å²) in [5.74, 6) is 2.43. The summed E-state index contributed by atoms with van der Waals surface area (Å²) in [6, 6.07) is 6.45. The number of thiophene rings is 1. The highest BCUT2D eigenvalue weighted by atomic mass is 32.1. The van der Waals surface area contributed by atoms with Gasteiger partial charge in [0.05, 0.1) is 4.88 Å². The highest BCUT2D eigenvalue weighted by Gasteiger charge is 2.20. The van der Waals surface area contributed by atoms with Gasteiger partial charge < -0.3 is 5.32 Å². The highest BCUT2D eigenvalue weighted by molar-refractivity contribution is 7.15. The number of hydrogen-bond donors (Lipinski definition) is 1. The third-order valence-corrected chi connectivity index (χ3v) is 5.23. The molecule has 2 heterocycles. The van der Waals surface area contributed by atoms with E-state index in [9.17, 15) is 0 Å². The summed E-state index contributed by atoms with van der Waals surface area (Å²) in [7, 11) is 1.93. The summed E-state index contributed by atoms with van der Waals surface area (Å²) in [6.07, 6.45) is 6.27. The molecule has 1 N–H and O–H groups in total. The Balaban J connectivity index is 1.98. The Morgan fingerprint density at radius 1 is 1.25 bits per heavy atom. The minimum atomic E-state index is 0.620. The quantitative estimate of drug-likeness (QED) is 0.901. The minimum absolute atomic E-state index is 0.620. The Morgan fingerprint density at radius 3 is 2.70 bits per heavy atom. The van der Waals surface area contributed by atoms with Gasteiger partial charge in [-0.3, -0.25) is 0 Å². The maximum absolute atomic E-state index is 4.84. The van der Waals surface area contributed by atoms with Gasteiger partial charge >= 0.3 is 0 Å². The van der Waals surface area contributed by atoms with Crippen LogP contribution in [0, 0.1) is 0 Å². The maximum atomic E-state index is 4.84. The van der Waals surface area contributed by atoms with Crippen LogP contribution in [-0.2, 0) is 6.42 Å². The van der Waals surface area contributed by atoms with Gasteiger partial charge in [0.2, 0.25) is 0 Å². The van der Waals surface area contributed by atoms with E-state index in [0.29, 0.717) is 5.92 Å². The van der Waals surface area contributed by atoms with Crippen LogP contribution in [0.2, 0.25) is 0 Å². The van der Waals surface area contributed by atoms with Crippen LogP contribution in [0.1, 0.15) is 49.1 Å². The molecule has 0 bridgehead atoms. The molecule has 0 amide bonds. The Bertz CT molecular complexity index is 585. The Labute approximate surface area is 124 Å². The summed E-state index contributed by atoms with van der Waals surface area (Å²) in [5, 5.41) is 3.18. The molecule has 4 heteroatoms. The fourth-order valence-electron chi connectivity index (χ4n) is 2.82. The first-order valence-electron chi connectivity index (χ1n) is 7.46. The molecule has 1 fully saturated rings. The monoisotopic (exact) mass is 287 g/mol. The van der Waals surface area contributed by atoms with Crippen LogP contribution < -0.4 is 5.32 Å². The molecule has 0 saturated heterocycles. The predicted molar refractivity (Wildman–Crippen MR) is 85.5 cm³/mol. The highest BCUT2D eigenvalue weighted by Crippen LogP contribution is 2.35. The summed E-state index contributed by atoms with van der Waals surface area (Å²) >= 11 is 1.80. The zero-order valence-electron chi connectivity index (χ0n) is 12.1. The van der Waals surface area contributed by atoms with Crippen molar-refractivity contribution in [2.24, 2.45) is 0 Å². The standard InChI is InChI=1S/C16H21N3S/c1-3-12-8-9-14(20-12)16-18-13(10-15(17-2)19-16)11-6-4-5-7-11/h8-11H,3-7H2,1-2H3,(H,17,18,19). The van der Waals surface area contributed by atoms with Crippen molar-refractivity contribution in [2.75, 3.05) is 12.4 Å². The summed E-state index contributed by atoms with van der Waals surface area (Å²) < 4.78 is 0. The molecule has 2 aromatic rings. The van der Waals surface area contributed by atoms with Crippen molar-refractivity contribution < 1.29 is 0 Å². The lowest BCUT2D eigenvalue weighted by Gasteiger charge is -2.11. The number of rotatable bonds is 4. The molecule has 3 nitrogen and oxygen atoms in total. The average molecular weight is 287 g/mol. The summed E-state index contributed by atoms with van der Waals surface area (Å²) in [5.41, 5.74) is 1.21. The van der Waals surface area contributed by atoms with Crippen molar-refractivity contribution in [1.82, 2.24) is 9.97 Å². The lowest BCUT2D eigenvalue weighted by molar-refractivity contribution is 0.696. The molecular weight excluding hydrogens is 266 g/mol.